The maximum atomic E-state index is 5.44. The third-order valence-electron chi connectivity index (χ3n) is 1.72. The van der Waals surface area contributed by atoms with Crippen LogP contribution in [0, 0.1) is 0 Å². The molecule has 2 N–H and O–H groups in total. The second-order valence-electron chi connectivity index (χ2n) is 2.74. The molecule has 5 nitrogen and oxygen atoms in total. The van der Waals surface area contributed by atoms with Gasteiger partial charge >= 0.3 is 0 Å². The molecule has 0 spiro atoms. The zero-order chi connectivity index (χ0) is 9.26. The van der Waals surface area contributed by atoms with Crippen LogP contribution in [0.25, 0.3) is 5.65 Å². The highest BCUT2D eigenvalue weighted by Crippen LogP contribution is 2.06. The van der Waals surface area contributed by atoms with Gasteiger partial charge in [-0.05, 0) is 11.6 Å². The van der Waals surface area contributed by atoms with Gasteiger partial charge < -0.3 is 10.5 Å². The fourth-order valence-electron chi connectivity index (χ4n) is 1.19. The topological polar surface area (TPSA) is 65.4 Å². The van der Waals surface area contributed by atoms with Crippen LogP contribution in [0.15, 0.2) is 18.3 Å². The number of ether oxygens (including phenoxy) is 1. The van der Waals surface area contributed by atoms with Gasteiger partial charge in [0.1, 0.15) is 0 Å². The van der Waals surface area contributed by atoms with Crippen molar-refractivity contribution in [1.82, 2.24) is 14.6 Å². The molecule has 0 radical (unpaired) electrons. The van der Waals surface area contributed by atoms with Crippen molar-refractivity contribution in [3.05, 3.63) is 23.9 Å². The Morgan fingerprint density at radius 3 is 3.00 bits per heavy atom. The zero-order valence-corrected chi connectivity index (χ0v) is 8.49. The van der Waals surface area contributed by atoms with Gasteiger partial charge in [0.25, 0.3) is 0 Å². The van der Waals surface area contributed by atoms with Crippen LogP contribution < -0.4 is 5.73 Å². The Morgan fingerprint density at radius 1 is 1.50 bits per heavy atom. The Hall–Kier alpha value is -1.33. The van der Waals surface area contributed by atoms with E-state index in [-0.39, 0.29) is 18.4 Å². The molecule has 2 aromatic rings. The molecule has 0 aliphatic carbocycles. The lowest BCUT2D eigenvalue weighted by molar-refractivity contribution is 0.184. The Morgan fingerprint density at radius 2 is 2.29 bits per heavy atom. The van der Waals surface area contributed by atoms with Gasteiger partial charge in [-0.15, -0.1) is 17.5 Å². The molecule has 2 heterocycles. The van der Waals surface area contributed by atoms with Gasteiger partial charge in [-0.3, -0.25) is 0 Å². The lowest BCUT2D eigenvalue weighted by Crippen LogP contribution is -1.93. The lowest BCUT2D eigenvalue weighted by atomic mass is 10.3. The minimum absolute atomic E-state index is 0. The average molecular weight is 215 g/mol. The third-order valence-corrected chi connectivity index (χ3v) is 1.72. The van der Waals surface area contributed by atoms with Gasteiger partial charge in [-0.25, -0.2) is 4.52 Å². The molecule has 0 atom stereocenters. The predicted molar refractivity (Wildman–Crippen MR) is 55.4 cm³/mol. The van der Waals surface area contributed by atoms with Crippen molar-refractivity contribution in [2.24, 2.45) is 0 Å². The molecule has 2 aromatic heterocycles. The van der Waals surface area contributed by atoms with Crippen LogP contribution in [0.5, 0.6) is 0 Å². The number of methoxy groups -OCH3 is 1. The maximum Gasteiger partial charge on any atom is 0.240 e. The van der Waals surface area contributed by atoms with Gasteiger partial charge in [0.2, 0.25) is 5.95 Å². The summed E-state index contributed by atoms with van der Waals surface area (Å²) < 4.78 is 6.63. The zero-order valence-electron chi connectivity index (χ0n) is 7.67. The number of aromatic nitrogens is 3. The smallest absolute Gasteiger partial charge is 0.240 e. The molecular weight excluding hydrogens is 204 g/mol. The van der Waals surface area contributed by atoms with Crippen LogP contribution >= 0.6 is 12.4 Å². The van der Waals surface area contributed by atoms with E-state index in [0.29, 0.717) is 6.61 Å². The number of hydrogen-bond donors (Lipinski definition) is 1. The molecule has 0 saturated heterocycles. The van der Waals surface area contributed by atoms with Crippen LogP contribution in [0.3, 0.4) is 0 Å². The van der Waals surface area contributed by atoms with Gasteiger partial charge in [0.05, 0.1) is 6.61 Å². The number of nitrogen functional groups attached to an aromatic ring is 1. The fraction of sp³-hybridized carbons (Fsp3) is 0.250. The Balaban J connectivity index is 0.000000980. The first kappa shape index (κ1) is 10.7. The summed E-state index contributed by atoms with van der Waals surface area (Å²) in [4.78, 5) is 4.00. The molecule has 0 saturated carbocycles. The molecule has 14 heavy (non-hydrogen) atoms. The number of anilines is 1. The first-order valence-corrected chi connectivity index (χ1v) is 3.89. The molecule has 76 valence electrons. The van der Waals surface area contributed by atoms with Crippen molar-refractivity contribution in [2.45, 2.75) is 6.61 Å². The third kappa shape index (κ3) is 1.94. The SMILES string of the molecule is COCc1ccc2nc(N)nn2c1.Cl. The van der Waals surface area contributed by atoms with E-state index in [1.165, 1.54) is 0 Å². The molecule has 0 unspecified atom stereocenters. The van der Waals surface area contributed by atoms with Gasteiger partial charge in [-0.2, -0.15) is 4.98 Å². The molecule has 0 amide bonds. The second-order valence-corrected chi connectivity index (χ2v) is 2.74. The summed E-state index contributed by atoms with van der Waals surface area (Å²) in [6.45, 7) is 0.565. The van der Waals surface area contributed by atoms with E-state index in [9.17, 15) is 0 Å². The maximum absolute atomic E-state index is 5.44. The minimum atomic E-state index is 0. The van der Waals surface area contributed by atoms with Crippen molar-refractivity contribution in [1.29, 1.82) is 0 Å². The largest absolute Gasteiger partial charge is 0.380 e. The van der Waals surface area contributed by atoms with E-state index >= 15 is 0 Å². The highest BCUT2D eigenvalue weighted by atomic mass is 35.5. The van der Waals surface area contributed by atoms with Crippen molar-refractivity contribution >= 4 is 24.0 Å². The summed E-state index contributed by atoms with van der Waals surface area (Å²) in [5.74, 6) is 0.287. The normalized spacial score (nSPS) is 10.1. The summed E-state index contributed by atoms with van der Waals surface area (Å²) in [6, 6.07) is 3.80. The van der Waals surface area contributed by atoms with Crippen LogP contribution in [0.4, 0.5) is 5.95 Å². The van der Waals surface area contributed by atoms with Crippen molar-refractivity contribution in [2.75, 3.05) is 12.8 Å². The molecule has 2 rings (SSSR count). The van der Waals surface area contributed by atoms with Crippen molar-refractivity contribution in [3.63, 3.8) is 0 Å². The fourth-order valence-corrected chi connectivity index (χ4v) is 1.19. The number of nitrogens with zero attached hydrogens (tertiary/aromatic N) is 3. The number of nitrogens with two attached hydrogens (primary N) is 1. The number of fused-ring (bicyclic) bond motifs is 1. The summed E-state index contributed by atoms with van der Waals surface area (Å²) in [7, 11) is 1.65. The minimum Gasteiger partial charge on any atom is -0.380 e. The van der Waals surface area contributed by atoms with E-state index in [0.717, 1.165) is 11.2 Å². The van der Waals surface area contributed by atoms with E-state index in [1.807, 2.05) is 18.3 Å². The molecular formula is C8H11ClN4O. The summed E-state index contributed by atoms with van der Waals surface area (Å²) in [5.41, 5.74) is 7.23. The molecule has 0 aromatic carbocycles. The molecule has 0 aliphatic rings. The van der Waals surface area contributed by atoms with Gasteiger partial charge in [0.15, 0.2) is 5.65 Å². The van der Waals surface area contributed by atoms with E-state index in [1.54, 1.807) is 11.6 Å². The van der Waals surface area contributed by atoms with Crippen LogP contribution in [-0.4, -0.2) is 21.7 Å². The van der Waals surface area contributed by atoms with Crippen molar-refractivity contribution in [3.8, 4) is 0 Å². The Kier molecular flexibility index (Phi) is 3.27. The van der Waals surface area contributed by atoms with Crippen LogP contribution in [-0.2, 0) is 11.3 Å². The van der Waals surface area contributed by atoms with Crippen LogP contribution in [0.2, 0.25) is 0 Å². The standard InChI is InChI=1S/C8H10N4O.ClH/c1-13-5-6-2-3-7-10-8(9)11-12(7)4-6;/h2-4H,5H2,1H3,(H2,9,11);1H. The first-order valence-electron chi connectivity index (χ1n) is 3.89. The van der Waals surface area contributed by atoms with E-state index in [4.69, 9.17) is 10.5 Å². The highest BCUT2D eigenvalue weighted by molar-refractivity contribution is 5.85. The first-order chi connectivity index (χ1) is 6.29. The Labute approximate surface area is 87.3 Å². The highest BCUT2D eigenvalue weighted by Gasteiger charge is 1.99. The lowest BCUT2D eigenvalue weighted by Gasteiger charge is -1.98. The molecule has 6 heteroatoms. The van der Waals surface area contributed by atoms with Gasteiger partial charge in [-0.1, -0.05) is 6.07 Å². The quantitative estimate of drug-likeness (QED) is 0.806. The average Bonchev–Trinajstić information content (AvgIpc) is 2.44. The van der Waals surface area contributed by atoms with Crippen molar-refractivity contribution < 1.29 is 4.74 Å². The molecule has 0 fully saturated rings. The summed E-state index contributed by atoms with van der Waals surface area (Å²) in [5, 5.41) is 3.98. The predicted octanol–water partition coefficient (Wildman–Crippen LogP) is 0.880. The van der Waals surface area contributed by atoms with Crippen LogP contribution in [0.1, 0.15) is 5.56 Å². The van der Waals surface area contributed by atoms with E-state index < -0.39 is 0 Å². The number of pyridine rings is 1. The Bertz CT molecular complexity index is 428. The van der Waals surface area contributed by atoms with Gasteiger partial charge in [0, 0.05) is 13.3 Å². The molecule has 0 bridgehead atoms. The molecule has 0 aliphatic heterocycles. The second kappa shape index (κ2) is 4.26. The monoisotopic (exact) mass is 214 g/mol. The number of halogens is 1. The van der Waals surface area contributed by atoms with E-state index in [2.05, 4.69) is 10.1 Å². The summed E-state index contributed by atoms with van der Waals surface area (Å²) >= 11 is 0. The number of hydrogen-bond acceptors (Lipinski definition) is 4. The summed E-state index contributed by atoms with van der Waals surface area (Å²) in [6.07, 6.45) is 1.85. The number of rotatable bonds is 2.